The molecule has 1 unspecified atom stereocenters. The van der Waals surface area contributed by atoms with Gasteiger partial charge in [-0.2, -0.15) is 0 Å². The van der Waals surface area contributed by atoms with E-state index in [-0.39, 0.29) is 0 Å². The molecule has 0 aliphatic carbocycles. The van der Waals surface area contributed by atoms with Crippen LogP contribution in [0.2, 0.25) is 0 Å². The summed E-state index contributed by atoms with van der Waals surface area (Å²) in [6.07, 6.45) is 2.55. The molecule has 1 aliphatic heterocycles. The fourth-order valence-corrected chi connectivity index (χ4v) is 2.88. The van der Waals surface area contributed by atoms with Crippen LogP contribution in [0.4, 0.5) is 11.5 Å². The maximum Gasteiger partial charge on any atom is 0.248 e. The summed E-state index contributed by atoms with van der Waals surface area (Å²) in [5.74, 6) is 0.702. The van der Waals surface area contributed by atoms with Gasteiger partial charge in [0.25, 0.3) is 0 Å². The van der Waals surface area contributed by atoms with Gasteiger partial charge < -0.3 is 16.4 Å². The number of fused-ring (bicyclic) bond motifs is 1. The second-order valence-electron chi connectivity index (χ2n) is 5.21. The number of rotatable bonds is 4. The zero-order valence-electron chi connectivity index (χ0n) is 11.7. The van der Waals surface area contributed by atoms with E-state index >= 15 is 0 Å². The van der Waals surface area contributed by atoms with Crippen molar-refractivity contribution in [2.24, 2.45) is 11.5 Å². The van der Waals surface area contributed by atoms with Crippen LogP contribution in [0, 0.1) is 0 Å². The Hall–Kier alpha value is -2.40. The minimum absolute atomic E-state index is 0.394. The molecule has 108 valence electrons. The molecule has 0 spiro atoms. The highest BCUT2D eigenvalue weighted by Gasteiger charge is 2.29. The summed E-state index contributed by atoms with van der Waals surface area (Å²) in [4.78, 5) is 17.9. The van der Waals surface area contributed by atoms with Crippen molar-refractivity contribution in [3.8, 4) is 0 Å². The highest BCUT2D eigenvalue weighted by Crippen LogP contribution is 2.41. The van der Waals surface area contributed by atoms with Crippen LogP contribution in [0.25, 0.3) is 0 Å². The Kier molecular flexibility index (Phi) is 3.58. The standard InChI is InChI=1S/C16H18N4O/c17-7-5-12-10-20(14-4-2-1-3-13(12)14)15-9-11(16(18)21)6-8-19-15/h1-4,6,8-9,12H,5,7,10,17H2,(H2,18,21). The molecule has 0 bridgehead atoms. The van der Waals surface area contributed by atoms with Crippen molar-refractivity contribution in [3.63, 3.8) is 0 Å². The van der Waals surface area contributed by atoms with Crippen molar-refractivity contribution in [1.82, 2.24) is 4.98 Å². The molecular formula is C16H18N4O. The van der Waals surface area contributed by atoms with Gasteiger partial charge in [0.15, 0.2) is 0 Å². The molecule has 1 aromatic carbocycles. The van der Waals surface area contributed by atoms with Gasteiger partial charge in [-0.05, 0) is 36.7 Å². The maximum absolute atomic E-state index is 11.3. The number of anilines is 2. The SMILES string of the molecule is NCCC1CN(c2cc(C(N)=O)ccn2)c2ccccc21. The Bertz CT molecular complexity index is 671. The van der Waals surface area contributed by atoms with E-state index in [2.05, 4.69) is 22.0 Å². The molecule has 3 rings (SSSR count). The Morgan fingerprint density at radius 1 is 1.33 bits per heavy atom. The lowest BCUT2D eigenvalue weighted by Gasteiger charge is -2.19. The predicted octanol–water partition coefficient (Wildman–Crippen LogP) is 1.76. The molecule has 1 amide bonds. The smallest absolute Gasteiger partial charge is 0.248 e. The maximum atomic E-state index is 11.3. The molecule has 2 heterocycles. The van der Waals surface area contributed by atoms with Crippen molar-refractivity contribution in [1.29, 1.82) is 0 Å². The average molecular weight is 282 g/mol. The van der Waals surface area contributed by atoms with Gasteiger partial charge in [-0.15, -0.1) is 0 Å². The van der Waals surface area contributed by atoms with Gasteiger partial charge in [-0.1, -0.05) is 18.2 Å². The third-order valence-electron chi connectivity index (χ3n) is 3.89. The Balaban J connectivity index is 2.00. The van der Waals surface area contributed by atoms with Crippen LogP contribution in [-0.2, 0) is 0 Å². The number of pyridine rings is 1. The third-order valence-corrected chi connectivity index (χ3v) is 3.89. The second kappa shape index (κ2) is 5.54. The quantitative estimate of drug-likeness (QED) is 0.895. The second-order valence-corrected chi connectivity index (χ2v) is 5.21. The van der Waals surface area contributed by atoms with Crippen LogP contribution in [0.15, 0.2) is 42.6 Å². The van der Waals surface area contributed by atoms with E-state index in [1.54, 1.807) is 18.3 Å². The number of carbonyl (C=O) groups excluding carboxylic acids is 1. The number of amides is 1. The van der Waals surface area contributed by atoms with Gasteiger partial charge in [0.05, 0.1) is 0 Å². The van der Waals surface area contributed by atoms with E-state index in [4.69, 9.17) is 11.5 Å². The van der Waals surface area contributed by atoms with Crippen molar-refractivity contribution in [2.45, 2.75) is 12.3 Å². The van der Waals surface area contributed by atoms with Crippen LogP contribution in [0.1, 0.15) is 28.3 Å². The van der Waals surface area contributed by atoms with Crippen molar-refractivity contribution >= 4 is 17.4 Å². The summed E-state index contributed by atoms with van der Waals surface area (Å²) in [6, 6.07) is 11.6. The van der Waals surface area contributed by atoms with Crippen molar-refractivity contribution in [3.05, 3.63) is 53.7 Å². The third kappa shape index (κ3) is 2.48. The summed E-state index contributed by atoms with van der Waals surface area (Å²) < 4.78 is 0. The molecule has 5 heteroatoms. The topological polar surface area (TPSA) is 85.2 Å². The molecule has 1 aliphatic rings. The molecule has 0 radical (unpaired) electrons. The zero-order valence-corrected chi connectivity index (χ0v) is 11.7. The molecule has 2 aromatic rings. The van der Waals surface area contributed by atoms with Gasteiger partial charge in [0.1, 0.15) is 5.82 Å². The number of aromatic nitrogens is 1. The Morgan fingerprint density at radius 2 is 2.14 bits per heavy atom. The first kappa shape index (κ1) is 13.6. The number of para-hydroxylation sites is 1. The van der Waals surface area contributed by atoms with Crippen LogP contribution in [0.5, 0.6) is 0 Å². The van der Waals surface area contributed by atoms with Crippen LogP contribution in [0.3, 0.4) is 0 Å². The molecule has 0 fully saturated rings. The molecule has 0 saturated carbocycles. The van der Waals surface area contributed by atoms with E-state index in [0.29, 0.717) is 18.0 Å². The number of nitrogens with zero attached hydrogens (tertiary/aromatic N) is 2. The zero-order chi connectivity index (χ0) is 14.8. The first-order valence-electron chi connectivity index (χ1n) is 7.03. The summed E-state index contributed by atoms with van der Waals surface area (Å²) in [7, 11) is 0. The van der Waals surface area contributed by atoms with E-state index in [0.717, 1.165) is 24.5 Å². The van der Waals surface area contributed by atoms with Gasteiger partial charge in [0, 0.05) is 29.9 Å². The number of nitrogens with two attached hydrogens (primary N) is 2. The van der Waals surface area contributed by atoms with Crippen molar-refractivity contribution < 1.29 is 4.79 Å². The highest BCUT2D eigenvalue weighted by molar-refractivity contribution is 5.93. The molecule has 21 heavy (non-hydrogen) atoms. The van der Waals surface area contributed by atoms with Gasteiger partial charge >= 0.3 is 0 Å². The average Bonchev–Trinajstić information content (AvgIpc) is 2.87. The molecular weight excluding hydrogens is 264 g/mol. The minimum atomic E-state index is -0.440. The summed E-state index contributed by atoms with van der Waals surface area (Å²) >= 11 is 0. The Labute approximate surface area is 123 Å². The minimum Gasteiger partial charge on any atom is -0.366 e. The van der Waals surface area contributed by atoms with Crippen molar-refractivity contribution in [2.75, 3.05) is 18.0 Å². The lowest BCUT2D eigenvalue weighted by molar-refractivity contribution is 0.1000. The van der Waals surface area contributed by atoms with Crippen LogP contribution >= 0.6 is 0 Å². The number of benzene rings is 1. The number of primary amides is 1. The summed E-state index contributed by atoms with van der Waals surface area (Å²) in [5, 5.41) is 0. The lowest BCUT2D eigenvalue weighted by atomic mass is 9.98. The highest BCUT2D eigenvalue weighted by atomic mass is 16.1. The first-order chi connectivity index (χ1) is 10.2. The van der Waals surface area contributed by atoms with Crippen LogP contribution < -0.4 is 16.4 Å². The lowest BCUT2D eigenvalue weighted by Crippen LogP contribution is -2.19. The molecule has 1 atom stereocenters. The Morgan fingerprint density at radius 3 is 2.90 bits per heavy atom. The summed E-state index contributed by atoms with van der Waals surface area (Å²) in [5.41, 5.74) is 14.0. The fraction of sp³-hybridized carbons (Fsp3) is 0.250. The monoisotopic (exact) mass is 282 g/mol. The van der Waals surface area contributed by atoms with E-state index in [1.165, 1.54) is 5.56 Å². The van der Waals surface area contributed by atoms with E-state index in [9.17, 15) is 4.79 Å². The largest absolute Gasteiger partial charge is 0.366 e. The van der Waals surface area contributed by atoms with E-state index < -0.39 is 5.91 Å². The number of hydrogen-bond acceptors (Lipinski definition) is 4. The molecule has 1 aromatic heterocycles. The van der Waals surface area contributed by atoms with Gasteiger partial charge in [-0.3, -0.25) is 4.79 Å². The predicted molar refractivity (Wildman–Crippen MR) is 82.6 cm³/mol. The summed E-state index contributed by atoms with van der Waals surface area (Å²) in [6.45, 7) is 1.48. The van der Waals surface area contributed by atoms with Gasteiger partial charge in [0.2, 0.25) is 5.91 Å². The number of hydrogen-bond donors (Lipinski definition) is 2. The normalized spacial score (nSPS) is 16.8. The molecule has 4 N–H and O–H groups in total. The van der Waals surface area contributed by atoms with Crippen LogP contribution in [-0.4, -0.2) is 24.0 Å². The molecule has 0 saturated heterocycles. The van der Waals surface area contributed by atoms with Gasteiger partial charge in [-0.25, -0.2) is 4.98 Å². The molecule has 5 nitrogen and oxygen atoms in total. The number of carbonyl (C=O) groups is 1. The first-order valence-corrected chi connectivity index (χ1v) is 7.03. The fourth-order valence-electron chi connectivity index (χ4n) is 2.88. The van der Waals surface area contributed by atoms with E-state index in [1.807, 2.05) is 12.1 Å².